The van der Waals surface area contributed by atoms with Crippen LogP contribution < -0.4 is 0 Å². The number of hydrogen-bond acceptors (Lipinski definition) is 2. The Balaban J connectivity index is 2.57. The number of hydrogen-bond donors (Lipinski definition) is 0. The van der Waals surface area contributed by atoms with E-state index in [1.165, 1.54) is 24.3 Å². The molecule has 3 heteroatoms. The molecule has 0 heterocycles. The first-order valence-corrected chi connectivity index (χ1v) is 6.03. The second kappa shape index (κ2) is 6.50. The number of Topliss-reactive ketones (excluding diaryl/α,β-unsaturated/α-hetero) is 1. The lowest BCUT2D eigenvalue weighted by molar-refractivity contribution is 0.0921. The molecule has 0 N–H and O–H groups in total. The third-order valence-corrected chi connectivity index (χ3v) is 3.02. The minimum atomic E-state index is -0.311. The van der Waals surface area contributed by atoms with Crippen molar-refractivity contribution in [3.05, 3.63) is 35.6 Å². The van der Waals surface area contributed by atoms with Gasteiger partial charge in [0.05, 0.1) is 6.54 Å². The average Bonchev–Trinajstić information content (AvgIpc) is 2.30. The molecular formula is C14H20FNO. The molecule has 1 aromatic carbocycles. The van der Waals surface area contributed by atoms with Gasteiger partial charge in [0.25, 0.3) is 0 Å². The van der Waals surface area contributed by atoms with Gasteiger partial charge in [-0.25, -0.2) is 4.39 Å². The van der Waals surface area contributed by atoms with E-state index in [0.29, 0.717) is 18.2 Å². The zero-order valence-electron chi connectivity index (χ0n) is 10.7. The Morgan fingerprint density at radius 2 is 1.94 bits per heavy atom. The molecule has 1 aromatic rings. The standard InChI is InChI=1S/C14H20FNO/c1-4-5-11(2)16(3)10-14(17)12-6-8-13(15)9-7-12/h6-9,11H,4-5,10H2,1-3H3. The van der Waals surface area contributed by atoms with E-state index in [1.54, 1.807) is 0 Å². The van der Waals surface area contributed by atoms with Gasteiger partial charge in [-0.3, -0.25) is 9.69 Å². The Labute approximate surface area is 102 Å². The van der Waals surface area contributed by atoms with E-state index in [0.717, 1.165) is 12.8 Å². The van der Waals surface area contributed by atoms with E-state index >= 15 is 0 Å². The second-order valence-electron chi connectivity index (χ2n) is 4.48. The summed E-state index contributed by atoms with van der Waals surface area (Å²) < 4.78 is 12.7. The molecule has 0 aliphatic rings. The molecule has 1 atom stereocenters. The quantitative estimate of drug-likeness (QED) is 0.708. The third kappa shape index (κ3) is 4.27. The van der Waals surface area contributed by atoms with Crippen molar-refractivity contribution in [3.63, 3.8) is 0 Å². The van der Waals surface area contributed by atoms with E-state index in [1.807, 2.05) is 11.9 Å². The Morgan fingerprint density at radius 3 is 2.47 bits per heavy atom. The molecule has 1 rings (SSSR count). The molecule has 0 amide bonds. The minimum Gasteiger partial charge on any atom is -0.296 e. The fourth-order valence-corrected chi connectivity index (χ4v) is 1.75. The first kappa shape index (κ1) is 13.8. The third-order valence-electron chi connectivity index (χ3n) is 3.02. The van der Waals surface area contributed by atoms with Crippen LogP contribution in [0.25, 0.3) is 0 Å². The van der Waals surface area contributed by atoms with Gasteiger partial charge >= 0.3 is 0 Å². The summed E-state index contributed by atoms with van der Waals surface area (Å²) in [4.78, 5) is 13.9. The second-order valence-corrected chi connectivity index (χ2v) is 4.48. The summed E-state index contributed by atoms with van der Waals surface area (Å²) in [5, 5.41) is 0. The molecule has 0 spiro atoms. The van der Waals surface area contributed by atoms with Gasteiger partial charge in [0.1, 0.15) is 5.82 Å². The summed E-state index contributed by atoms with van der Waals surface area (Å²) in [5.41, 5.74) is 0.571. The van der Waals surface area contributed by atoms with Crippen LogP contribution in [0, 0.1) is 5.82 Å². The Kier molecular flexibility index (Phi) is 5.29. The van der Waals surface area contributed by atoms with Crippen LogP contribution in [0.15, 0.2) is 24.3 Å². The lowest BCUT2D eigenvalue weighted by Crippen LogP contribution is -2.33. The molecule has 0 saturated heterocycles. The summed E-state index contributed by atoms with van der Waals surface area (Å²) >= 11 is 0. The van der Waals surface area contributed by atoms with Crippen molar-refractivity contribution in [1.29, 1.82) is 0 Å². The first-order chi connectivity index (χ1) is 8.04. The molecular weight excluding hydrogens is 217 g/mol. The molecule has 94 valence electrons. The number of benzene rings is 1. The summed E-state index contributed by atoms with van der Waals surface area (Å²) in [5.74, 6) is -0.273. The maximum Gasteiger partial charge on any atom is 0.176 e. The summed E-state index contributed by atoms with van der Waals surface area (Å²) in [7, 11) is 1.95. The van der Waals surface area contributed by atoms with Gasteiger partial charge in [-0.2, -0.15) is 0 Å². The average molecular weight is 237 g/mol. The Hall–Kier alpha value is -1.22. The summed E-state index contributed by atoms with van der Waals surface area (Å²) in [6, 6.07) is 6.11. The lowest BCUT2D eigenvalue weighted by Gasteiger charge is -2.23. The number of halogens is 1. The van der Waals surface area contributed by atoms with Crippen molar-refractivity contribution in [2.75, 3.05) is 13.6 Å². The smallest absolute Gasteiger partial charge is 0.176 e. The van der Waals surface area contributed by atoms with Gasteiger partial charge in [-0.1, -0.05) is 13.3 Å². The van der Waals surface area contributed by atoms with Crippen LogP contribution in [0.4, 0.5) is 4.39 Å². The highest BCUT2D eigenvalue weighted by Gasteiger charge is 2.13. The van der Waals surface area contributed by atoms with Crippen molar-refractivity contribution in [1.82, 2.24) is 4.90 Å². The minimum absolute atomic E-state index is 0.0375. The van der Waals surface area contributed by atoms with E-state index < -0.39 is 0 Å². The van der Waals surface area contributed by atoms with Crippen LogP contribution in [-0.4, -0.2) is 30.3 Å². The number of carbonyl (C=O) groups excluding carboxylic acids is 1. The van der Waals surface area contributed by atoms with Gasteiger partial charge in [-0.15, -0.1) is 0 Å². The van der Waals surface area contributed by atoms with E-state index in [-0.39, 0.29) is 11.6 Å². The summed E-state index contributed by atoms with van der Waals surface area (Å²) in [6.07, 6.45) is 2.18. The number of nitrogens with zero attached hydrogens (tertiary/aromatic N) is 1. The first-order valence-electron chi connectivity index (χ1n) is 6.03. The molecule has 0 bridgehead atoms. The van der Waals surface area contributed by atoms with Crippen LogP contribution in [0.2, 0.25) is 0 Å². The number of carbonyl (C=O) groups is 1. The molecule has 0 aliphatic heterocycles. The fraction of sp³-hybridized carbons (Fsp3) is 0.500. The number of rotatable bonds is 6. The van der Waals surface area contributed by atoms with E-state index in [9.17, 15) is 9.18 Å². The zero-order valence-corrected chi connectivity index (χ0v) is 10.7. The van der Waals surface area contributed by atoms with Crippen molar-refractivity contribution >= 4 is 5.78 Å². The van der Waals surface area contributed by atoms with Crippen LogP contribution in [0.5, 0.6) is 0 Å². The van der Waals surface area contributed by atoms with Gasteiger partial charge in [0, 0.05) is 11.6 Å². The maximum atomic E-state index is 12.7. The predicted octanol–water partition coefficient (Wildman–Crippen LogP) is 3.13. The van der Waals surface area contributed by atoms with Crippen LogP contribution in [-0.2, 0) is 0 Å². The van der Waals surface area contributed by atoms with Crippen LogP contribution in [0.1, 0.15) is 37.0 Å². The monoisotopic (exact) mass is 237 g/mol. The highest BCUT2D eigenvalue weighted by Crippen LogP contribution is 2.08. The number of likely N-dealkylation sites (N-methyl/N-ethyl adjacent to an activating group) is 1. The SMILES string of the molecule is CCCC(C)N(C)CC(=O)c1ccc(F)cc1. The molecule has 0 aromatic heterocycles. The molecule has 2 nitrogen and oxygen atoms in total. The van der Waals surface area contributed by atoms with Gasteiger partial charge in [0.2, 0.25) is 0 Å². The topological polar surface area (TPSA) is 20.3 Å². The molecule has 0 radical (unpaired) electrons. The van der Waals surface area contributed by atoms with E-state index in [2.05, 4.69) is 13.8 Å². The molecule has 17 heavy (non-hydrogen) atoms. The van der Waals surface area contributed by atoms with Crippen molar-refractivity contribution in [2.24, 2.45) is 0 Å². The van der Waals surface area contributed by atoms with Crippen molar-refractivity contribution < 1.29 is 9.18 Å². The molecule has 0 fully saturated rings. The Morgan fingerprint density at radius 1 is 1.35 bits per heavy atom. The van der Waals surface area contributed by atoms with Crippen LogP contribution in [0.3, 0.4) is 0 Å². The summed E-state index contributed by atoms with van der Waals surface area (Å²) in [6.45, 7) is 4.63. The molecule has 0 saturated carbocycles. The highest BCUT2D eigenvalue weighted by atomic mass is 19.1. The molecule has 0 aliphatic carbocycles. The normalized spacial score (nSPS) is 12.8. The van der Waals surface area contributed by atoms with E-state index in [4.69, 9.17) is 0 Å². The van der Waals surface area contributed by atoms with Gasteiger partial charge < -0.3 is 0 Å². The molecule has 1 unspecified atom stereocenters. The zero-order chi connectivity index (χ0) is 12.8. The maximum absolute atomic E-state index is 12.7. The predicted molar refractivity (Wildman–Crippen MR) is 67.7 cm³/mol. The highest BCUT2D eigenvalue weighted by molar-refractivity contribution is 5.97. The van der Waals surface area contributed by atoms with Crippen molar-refractivity contribution in [3.8, 4) is 0 Å². The Bertz CT molecular complexity index is 361. The fourth-order valence-electron chi connectivity index (χ4n) is 1.75. The largest absolute Gasteiger partial charge is 0.296 e. The van der Waals surface area contributed by atoms with Crippen molar-refractivity contribution in [2.45, 2.75) is 32.7 Å². The lowest BCUT2D eigenvalue weighted by atomic mass is 10.1. The van der Waals surface area contributed by atoms with Crippen LogP contribution >= 0.6 is 0 Å². The van der Waals surface area contributed by atoms with Gasteiger partial charge in [-0.05, 0) is 44.7 Å². The van der Waals surface area contributed by atoms with Gasteiger partial charge in [0.15, 0.2) is 5.78 Å². The number of ketones is 1.